The number of ether oxygens (including phenoxy) is 1. The van der Waals surface area contributed by atoms with E-state index in [2.05, 4.69) is 5.32 Å². The number of rotatable bonds is 5. The Morgan fingerprint density at radius 2 is 1.61 bits per heavy atom. The van der Waals surface area contributed by atoms with Gasteiger partial charge in [-0.25, -0.2) is 9.97 Å². The van der Waals surface area contributed by atoms with Gasteiger partial charge in [-0.05, 0) is 67.6 Å². The highest BCUT2D eigenvalue weighted by molar-refractivity contribution is 6.30. The van der Waals surface area contributed by atoms with Gasteiger partial charge in [-0.3, -0.25) is 0 Å². The summed E-state index contributed by atoms with van der Waals surface area (Å²) in [6.07, 6.45) is 0. The van der Waals surface area contributed by atoms with Crippen molar-refractivity contribution in [3.8, 4) is 17.1 Å². The van der Waals surface area contributed by atoms with Crippen LogP contribution < -0.4 is 22.5 Å². The lowest BCUT2D eigenvalue weighted by Crippen LogP contribution is -3.00. The molecule has 1 N–H and O–H groups in total. The van der Waals surface area contributed by atoms with Crippen molar-refractivity contribution in [2.75, 3.05) is 11.9 Å². The van der Waals surface area contributed by atoms with Gasteiger partial charge in [0, 0.05) is 21.7 Å². The number of nitrogens with one attached hydrogen (secondary N) is 1. The Morgan fingerprint density at radius 3 is 2.32 bits per heavy atom. The maximum Gasteiger partial charge on any atom is 0.162 e. The summed E-state index contributed by atoms with van der Waals surface area (Å²) in [4.78, 5) is 9.46. The summed E-state index contributed by atoms with van der Waals surface area (Å²) in [5.74, 6) is 2.26. The van der Waals surface area contributed by atoms with Crippen LogP contribution in [0.5, 0.6) is 5.75 Å². The van der Waals surface area contributed by atoms with Crippen LogP contribution in [0.4, 0.5) is 11.5 Å². The van der Waals surface area contributed by atoms with E-state index in [1.807, 2.05) is 79.7 Å². The summed E-state index contributed by atoms with van der Waals surface area (Å²) in [5, 5.41) is 5.05. The van der Waals surface area contributed by atoms with Gasteiger partial charge in [-0.2, -0.15) is 0 Å². The second kappa shape index (κ2) is 8.91. The Labute approximate surface area is 175 Å². The summed E-state index contributed by atoms with van der Waals surface area (Å²) in [7, 11) is 0. The van der Waals surface area contributed by atoms with Crippen LogP contribution in [0, 0.1) is 0 Å². The summed E-state index contributed by atoms with van der Waals surface area (Å²) >= 11 is 6.00. The zero-order chi connectivity index (χ0) is 18.6. The molecule has 3 aromatic carbocycles. The van der Waals surface area contributed by atoms with E-state index < -0.39 is 0 Å². The van der Waals surface area contributed by atoms with Crippen molar-refractivity contribution < 1.29 is 17.1 Å². The molecule has 4 nitrogen and oxygen atoms in total. The maximum atomic E-state index is 6.00. The molecule has 0 aliphatic heterocycles. The quantitative estimate of drug-likeness (QED) is 0.549. The molecule has 0 saturated heterocycles. The van der Waals surface area contributed by atoms with Gasteiger partial charge < -0.3 is 22.5 Å². The van der Waals surface area contributed by atoms with E-state index in [4.69, 9.17) is 26.3 Å². The van der Waals surface area contributed by atoms with Crippen molar-refractivity contribution in [2.24, 2.45) is 0 Å². The molecule has 4 rings (SSSR count). The smallest absolute Gasteiger partial charge is 0.162 e. The second-order valence-corrected chi connectivity index (χ2v) is 6.44. The van der Waals surface area contributed by atoms with Crippen LogP contribution in [-0.4, -0.2) is 16.6 Å². The zero-order valence-electron chi connectivity index (χ0n) is 15.2. The van der Waals surface area contributed by atoms with E-state index in [9.17, 15) is 0 Å². The highest BCUT2D eigenvalue weighted by atomic mass is 35.5. The maximum absolute atomic E-state index is 6.00. The molecule has 0 amide bonds. The molecule has 0 unspecified atom stereocenters. The van der Waals surface area contributed by atoms with Crippen LogP contribution in [0.2, 0.25) is 5.02 Å². The molecule has 0 aliphatic rings. The molecule has 0 bridgehead atoms. The Hall–Kier alpha value is -2.82. The third-order valence-corrected chi connectivity index (χ3v) is 4.39. The number of fused-ring (bicyclic) bond motifs is 1. The molecule has 6 heteroatoms. The number of halogens is 2. The van der Waals surface area contributed by atoms with Gasteiger partial charge in [0.1, 0.15) is 11.6 Å². The number of nitrogens with zero attached hydrogens (tertiary/aromatic N) is 2. The Balaban J connectivity index is 0.00000225. The van der Waals surface area contributed by atoms with Crippen molar-refractivity contribution in [1.29, 1.82) is 0 Å². The number of benzene rings is 3. The first-order valence-corrected chi connectivity index (χ1v) is 9.13. The fraction of sp³-hybridized carbons (Fsp3) is 0.0909. The minimum Gasteiger partial charge on any atom is -1.00 e. The molecule has 0 aliphatic carbocycles. The molecule has 4 aromatic rings. The highest BCUT2D eigenvalue weighted by Crippen LogP contribution is 2.28. The monoisotopic (exact) mass is 410 g/mol. The topological polar surface area (TPSA) is 47.0 Å². The molecule has 0 atom stereocenters. The van der Waals surface area contributed by atoms with Crippen LogP contribution in [0.1, 0.15) is 6.92 Å². The van der Waals surface area contributed by atoms with E-state index in [1.54, 1.807) is 0 Å². The molecule has 28 heavy (non-hydrogen) atoms. The number of anilines is 2. The number of para-hydroxylation sites is 1. The first-order chi connectivity index (χ1) is 13.2. The predicted molar refractivity (Wildman–Crippen MR) is 111 cm³/mol. The lowest BCUT2D eigenvalue weighted by atomic mass is 10.2. The van der Waals surface area contributed by atoms with E-state index in [0.29, 0.717) is 17.5 Å². The molecular weight excluding hydrogens is 393 g/mol. The van der Waals surface area contributed by atoms with E-state index in [0.717, 1.165) is 33.7 Å². The van der Waals surface area contributed by atoms with Gasteiger partial charge in [0.2, 0.25) is 0 Å². The predicted octanol–water partition coefficient (Wildman–Crippen LogP) is 3.10. The largest absolute Gasteiger partial charge is 1.00 e. The Bertz CT molecular complexity index is 1070. The van der Waals surface area contributed by atoms with Gasteiger partial charge in [-0.1, -0.05) is 23.7 Å². The summed E-state index contributed by atoms with van der Waals surface area (Å²) in [6.45, 7) is 2.62. The number of hydrogen-bond donors (Lipinski definition) is 1. The van der Waals surface area contributed by atoms with Crippen LogP contribution in [0.15, 0.2) is 72.8 Å². The standard InChI is InChI=1S/C22H18ClN3O.ClH/c1-2-27-18-13-11-17(12-14-18)24-22-19-5-3-4-6-20(19)25-21(26-22)15-7-9-16(23)10-8-15;/h3-14H,2H2,1H3,(H,24,25,26);1H/p-1. The minimum atomic E-state index is 0. The fourth-order valence-corrected chi connectivity index (χ4v) is 2.96. The summed E-state index contributed by atoms with van der Waals surface area (Å²) in [5.41, 5.74) is 2.73. The first-order valence-electron chi connectivity index (χ1n) is 8.75. The van der Waals surface area contributed by atoms with Crippen molar-refractivity contribution in [3.05, 3.63) is 77.8 Å². The molecule has 0 spiro atoms. The minimum absolute atomic E-state index is 0. The second-order valence-electron chi connectivity index (χ2n) is 6.00. The van der Waals surface area contributed by atoms with Gasteiger partial charge in [0.25, 0.3) is 0 Å². The molecule has 1 aromatic heterocycles. The third-order valence-electron chi connectivity index (χ3n) is 4.13. The Morgan fingerprint density at radius 1 is 0.893 bits per heavy atom. The molecular formula is C22H18Cl2N3O-. The van der Waals surface area contributed by atoms with Gasteiger partial charge in [-0.15, -0.1) is 0 Å². The molecule has 0 fully saturated rings. The van der Waals surface area contributed by atoms with Crippen LogP contribution in [-0.2, 0) is 0 Å². The normalized spacial score (nSPS) is 10.4. The zero-order valence-corrected chi connectivity index (χ0v) is 16.7. The molecule has 1 heterocycles. The SMILES string of the molecule is CCOc1ccc(Nc2nc(-c3ccc(Cl)cc3)nc3ccccc23)cc1.[Cl-]. The highest BCUT2D eigenvalue weighted by Gasteiger charge is 2.10. The fourth-order valence-electron chi connectivity index (χ4n) is 2.84. The van der Waals surface area contributed by atoms with Crippen LogP contribution in [0.3, 0.4) is 0 Å². The lowest BCUT2D eigenvalue weighted by molar-refractivity contribution is -0.00000592. The molecule has 0 saturated carbocycles. The molecule has 0 radical (unpaired) electrons. The number of aromatic nitrogens is 2. The molecule has 142 valence electrons. The first kappa shape index (κ1) is 19.9. The van der Waals surface area contributed by atoms with E-state index in [1.165, 1.54) is 0 Å². The van der Waals surface area contributed by atoms with Gasteiger partial charge in [0.05, 0.1) is 12.1 Å². The summed E-state index contributed by atoms with van der Waals surface area (Å²) < 4.78 is 5.50. The van der Waals surface area contributed by atoms with Gasteiger partial charge >= 0.3 is 0 Å². The third kappa shape index (κ3) is 4.35. The Kier molecular flexibility index (Phi) is 6.34. The van der Waals surface area contributed by atoms with Crippen molar-refractivity contribution in [2.45, 2.75) is 6.92 Å². The van der Waals surface area contributed by atoms with Crippen molar-refractivity contribution in [1.82, 2.24) is 9.97 Å². The summed E-state index contributed by atoms with van der Waals surface area (Å²) in [6, 6.07) is 23.3. The average molecular weight is 411 g/mol. The van der Waals surface area contributed by atoms with E-state index in [-0.39, 0.29) is 12.4 Å². The number of hydrogen-bond acceptors (Lipinski definition) is 4. The van der Waals surface area contributed by atoms with Crippen molar-refractivity contribution >= 4 is 34.0 Å². The lowest BCUT2D eigenvalue weighted by Gasteiger charge is -2.12. The van der Waals surface area contributed by atoms with Crippen LogP contribution >= 0.6 is 11.6 Å². The van der Waals surface area contributed by atoms with E-state index >= 15 is 0 Å². The van der Waals surface area contributed by atoms with Crippen molar-refractivity contribution in [3.63, 3.8) is 0 Å². The van der Waals surface area contributed by atoms with Crippen LogP contribution in [0.25, 0.3) is 22.3 Å². The average Bonchev–Trinajstić information content (AvgIpc) is 2.70. The van der Waals surface area contributed by atoms with Gasteiger partial charge in [0.15, 0.2) is 5.82 Å².